The average molecular weight is 261 g/mol. The third-order valence-corrected chi connectivity index (χ3v) is 3.60. The lowest BCUT2D eigenvalue weighted by Crippen LogP contribution is -2.20. The molecule has 2 nitrogen and oxygen atoms in total. The molecule has 2 rings (SSSR count). The molecular formula is C17H27NO. The minimum Gasteiger partial charge on any atom is -0.491 e. The molecule has 1 unspecified atom stereocenters. The lowest BCUT2D eigenvalue weighted by molar-refractivity contribution is 0.207. The summed E-state index contributed by atoms with van der Waals surface area (Å²) in [7, 11) is 0. The van der Waals surface area contributed by atoms with Crippen LogP contribution in [0.25, 0.3) is 0 Å². The number of hydrogen-bond acceptors (Lipinski definition) is 2. The van der Waals surface area contributed by atoms with Crippen molar-refractivity contribution in [3.05, 3.63) is 29.8 Å². The van der Waals surface area contributed by atoms with Crippen LogP contribution in [0.4, 0.5) is 0 Å². The Bertz CT molecular complexity index is 356. The summed E-state index contributed by atoms with van der Waals surface area (Å²) in [6, 6.07) is 9.39. The van der Waals surface area contributed by atoms with Gasteiger partial charge >= 0.3 is 0 Å². The van der Waals surface area contributed by atoms with Gasteiger partial charge in [-0.05, 0) is 63.3 Å². The fraction of sp³-hybridized carbons (Fsp3) is 0.647. The quantitative estimate of drug-likeness (QED) is 0.680. The molecule has 1 aliphatic carbocycles. The third kappa shape index (κ3) is 5.65. The zero-order valence-electron chi connectivity index (χ0n) is 12.3. The monoisotopic (exact) mass is 261 g/mol. The molecule has 1 aromatic rings. The molecule has 1 saturated carbocycles. The fourth-order valence-electron chi connectivity index (χ4n) is 2.30. The van der Waals surface area contributed by atoms with Gasteiger partial charge in [0.2, 0.25) is 0 Å². The lowest BCUT2D eigenvalue weighted by atomic mass is 10.1. The summed E-state index contributed by atoms with van der Waals surface area (Å²) in [4.78, 5) is 0. The SMILES string of the molecule is CCCc1ccc(OC(C)CCCNC2CC2)cc1. The van der Waals surface area contributed by atoms with E-state index in [0.717, 1.165) is 31.2 Å². The Hall–Kier alpha value is -1.02. The topological polar surface area (TPSA) is 21.3 Å². The van der Waals surface area contributed by atoms with Crippen molar-refractivity contribution in [3.8, 4) is 5.75 Å². The maximum absolute atomic E-state index is 5.94. The first-order valence-corrected chi connectivity index (χ1v) is 7.77. The van der Waals surface area contributed by atoms with Crippen molar-refractivity contribution in [2.24, 2.45) is 0 Å². The smallest absolute Gasteiger partial charge is 0.119 e. The Morgan fingerprint density at radius 1 is 1.26 bits per heavy atom. The zero-order valence-corrected chi connectivity index (χ0v) is 12.3. The summed E-state index contributed by atoms with van der Waals surface area (Å²) in [6.07, 6.45) is 7.72. The largest absolute Gasteiger partial charge is 0.491 e. The third-order valence-electron chi connectivity index (χ3n) is 3.60. The van der Waals surface area contributed by atoms with Crippen molar-refractivity contribution in [1.82, 2.24) is 5.32 Å². The number of ether oxygens (including phenoxy) is 1. The van der Waals surface area contributed by atoms with Gasteiger partial charge in [-0.25, -0.2) is 0 Å². The van der Waals surface area contributed by atoms with Crippen molar-refractivity contribution in [2.45, 2.75) is 64.5 Å². The van der Waals surface area contributed by atoms with Crippen LogP contribution in [-0.4, -0.2) is 18.7 Å². The Morgan fingerprint density at radius 3 is 2.63 bits per heavy atom. The van der Waals surface area contributed by atoms with Crippen LogP contribution in [-0.2, 0) is 6.42 Å². The molecule has 0 bridgehead atoms. The molecule has 1 fully saturated rings. The minimum atomic E-state index is 0.304. The molecule has 0 saturated heterocycles. The van der Waals surface area contributed by atoms with E-state index in [2.05, 4.69) is 43.4 Å². The Morgan fingerprint density at radius 2 is 2.00 bits per heavy atom. The van der Waals surface area contributed by atoms with Crippen LogP contribution in [0, 0.1) is 0 Å². The van der Waals surface area contributed by atoms with Crippen LogP contribution in [0.1, 0.15) is 51.5 Å². The van der Waals surface area contributed by atoms with Crippen LogP contribution in [0.3, 0.4) is 0 Å². The summed E-state index contributed by atoms with van der Waals surface area (Å²) >= 11 is 0. The van der Waals surface area contributed by atoms with Gasteiger partial charge in [0.15, 0.2) is 0 Å². The van der Waals surface area contributed by atoms with Crippen molar-refractivity contribution >= 4 is 0 Å². The standard InChI is InChI=1S/C17H27NO/c1-3-5-15-7-11-17(12-8-15)19-14(2)6-4-13-18-16-9-10-16/h7-8,11-12,14,16,18H,3-6,9-10,13H2,1-2H3. The molecule has 0 aliphatic heterocycles. The van der Waals surface area contributed by atoms with Crippen LogP contribution < -0.4 is 10.1 Å². The Kier molecular flexibility index (Phi) is 5.71. The van der Waals surface area contributed by atoms with Gasteiger partial charge in [-0.3, -0.25) is 0 Å². The summed E-state index contributed by atoms with van der Waals surface area (Å²) in [5, 5.41) is 3.54. The van der Waals surface area contributed by atoms with Crippen LogP contribution in [0.15, 0.2) is 24.3 Å². The van der Waals surface area contributed by atoms with E-state index in [4.69, 9.17) is 4.74 Å². The molecule has 106 valence electrons. The van der Waals surface area contributed by atoms with Gasteiger partial charge in [0, 0.05) is 6.04 Å². The molecule has 0 spiro atoms. The van der Waals surface area contributed by atoms with E-state index >= 15 is 0 Å². The van der Waals surface area contributed by atoms with Gasteiger partial charge in [-0.1, -0.05) is 25.5 Å². The van der Waals surface area contributed by atoms with Crippen molar-refractivity contribution in [2.75, 3.05) is 6.54 Å². The summed E-state index contributed by atoms with van der Waals surface area (Å²) in [5.41, 5.74) is 1.40. The van der Waals surface area contributed by atoms with Gasteiger partial charge in [0.1, 0.15) is 5.75 Å². The highest BCUT2D eigenvalue weighted by molar-refractivity contribution is 5.27. The Balaban J connectivity index is 1.63. The maximum atomic E-state index is 5.94. The highest BCUT2D eigenvalue weighted by Gasteiger charge is 2.19. The summed E-state index contributed by atoms with van der Waals surface area (Å²) < 4.78 is 5.94. The maximum Gasteiger partial charge on any atom is 0.119 e. The highest BCUT2D eigenvalue weighted by Crippen LogP contribution is 2.19. The highest BCUT2D eigenvalue weighted by atomic mass is 16.5. The molecule has 2 heteroatoms. The molecular weight excluding hydrogens is 234 g/mol. The van der Waals surface area contributed by atoms with E-state index in [9.17, 15) is 0 Å². The summed E-state index contributed by atoms with van der Waals surface area (Å²) in [5.74, 6) is 1.00. The molecule has 1 aromatic carbocycles. The second kappa shape index (κ2) is 7.54. The number of nitrogens with one attached hydrogen (secondary N) is 1. The molecule has 0 amide bonds. The van der Waals surface area contributed by atoms with E-state index in [-0.39, 0.29) is 0 Å². The first kappa shape index (κ1) is 14.4. The van der Waals surface area contributed by atoms with Gasteiger partial charge in [-0.2, -0.15) is 0 Å². The van der Waals surface area contributed by atoms with Crippen molar-refractivity contribution < 1.29 is 4.74 Å². The number of benzene rings is 1. The molecule has 0 heterocycles. The van der Waals surface area contributed by atoms with E-state index in [1.165, 1.54) is 31.2 Å². The molecule has 19 heavy (non-hydrogen) atoms. The van der Waals surface area contributed by atoms with Crippen LogP contribution in [0.5, 0.6) is 5.75 Å². The predicted molar refractivity (Wildman–Crippen MR) is 80.8 cm³/mol. The molecule has 1 atom stereocenters. The Labute approximate surface area is 117 Å². The molecule has 0 aromatic heterocycles. The van der Waals surface area contributed by atoms with Crippen molar-refractivity contribution in [3.63, 3.8) is 0 Å². The van der Waals surface area contributed by atoms with Gasteiger partial charge in [0.05, 0.1) is 6.10 Å². The zero-order chi connectivity index (χ0) is 13.5. The van der Waals surface area contributed by atoms with E-state index in [1.807, 2.05) is 0 Å². The summed E-state index contributed by atoms with van der Waals surface area (Å²) in [6.45, 7) is 5.51. The lowest BCUT2D eigenvalue weighted by Gasteiger charge is -2.15. The fourth-order valence-corrected chi connectivity index (χ4v) is 2.30. The number of hydrogen-bond donors (Lipinski definition) is 1. The molecule has 1 aliphatic rings. The van der Waals surface area contributed by atoms with Crippen molar-refractivity contribution in [1.29, 1.82) is 0 Å². The van der Waals surface area contributed by atoms with Gasteiger partial charge in [-0.15, -0.1) is 0 Å². The second-order valence-corrected chi connectivity index (χ2v) is 5.69. The normalized spacial score (nSPS) is 16.3. The average Bonchev–Trinajstić information content (AvgIpc) is 3.22. The number of rotatable bonds is 9. The molecule has 1 N–H and O–H groups in total. The minimum absolute atomic E-state index is 0.304. The van der Waals surface area contributed by atoms with E-state index < -0.39 is 0 Å². The predicted octanol–water partition coefficient (Wildman–Crippen LogP) is 3.94. The molecule has 0 radical (unpaired) electrons. The van der Waals surface area contributed by atoms with Gasteiger partial charge < -0.3 is 10.1 Å². The number of aryl methyl sites for hydroxylation is 1. The van der Waals surface area contributed by atoms with E-state index in [1.54, 1.807) is 0 Å². The first-order valence-electron chi connectivity index (χ1n) is 7.77. The van der Waals surface area contributed by atoms with Crippen LogP contribution in [0.2, 0.25) is 0 Å². The van der Waals surface area contributed by atoms with Gasteiger partial charge in [0.25, 0.3) is 0 Å². The van der Waals surface area contributed by atoms with Crippen LogP contribution >= 0.6 is 0 Å². The van der Waals surface area contributed by atoms with E-state index in [0.29, 0.717) is 6.10 Å². The second-order valence-electron chi connectivity index (χ2n) is 5.69. The first-order chi connectivity index (χ1) is 9.28.